The largest absolute Gasteiger partial charge is 0.366 e. The van der Waals surface area contributed by atoms with Gasteiger partial charge >= 0.3 is 0 Å². The van der Waals surface area contributed by atoms with Gasteiger partial charge in [-0.25, -0.2) is 0 Å². The fourth-order valence-corrected chi connectivity index (χ4v) is 2.81. The van der Waals surface area contributed by atoms with E-state index in [9.17, 15) is 4.79 Å². The summed E-state index contributed by atoms with van der Waals surface area (Å²) in [6.07, 6.45) is 0. The number of hydrogen-bond donors (Lipinski definition) is 2. The zero-order chi connectivity index (χ0) is 14.7. The van der Waals surface area contributed by atoms with Crippen molar-refractivity contribution in [3.8, 4) is 0 Å². The van der Waals surface area contributed by atoms with Crippen LogP contribution in [-0.4, -0.2) is 20.7 Å². The summed E-state index contributed by atoms with van der Waals surface area (Å²) in [5, 5.41) is 8.93. The molecule has 0 saturated carbocycles. The van der Waals surface area contributed by atoms with E-state index in [1.165, 1.54) is 0 Å². The second-order valence-corrected chi connectivity index (χ2v) is 5.40. The molecule has 0 saturated heterocycles. The van der Waals surface area contributed by atoms with Crippen molar-refractivity contribution in [2.45, 2.75) is 24.4 Å². The van der Waals surface area contributed by atoms with Crippen LogP contribution in [0.15, 0.2) is 23.4 Å². The summed E-state index contributed by atoms with van der Waals surface area (Å²) in [6.45, 7) is 2.33. The highest BCUT2D eigenvalue weighted by atomic mass is 32.2. The summed E-state index contributed by atoms with van der Waals surface area (Å²) in [7, 11) is 1.90. The van der Waals surface area contributed by atoms with E-state index in [0.29, 0.717) is 12.1 Å². The highest BCUT2D eigenvalue weighted by Crippen LogP contribution is 2.23. The van der Waals surface area contributed by atoms with E-state index < -0.39 is 5.91 Å². The predicted octanol–water partition coefficient (Wildman–Crippen LogP) is 0.973. The van der Waals surface area contributed by atoms with Gasteiger partial charge in [-0.2, -0.15) is 0 Å². The number of nitrogens with zero attached hydrogens (tertiary/aromatic N) is 3. The summed E-state index contributed by atoms with van der Waals surface area (Å²) in [4.78, 5) is 11.1. The molecule has 1 amide bonds. The van der Waals surface area contributed by atoms with Crippen LogP contribution in [0, 0.1) is 6.92 Å². The Balaban J connectivity index is 2.11. The number of aromatic nitrogens is 3. The van der Waals surface area contributed by atoms with E-state index in [1.807, 2.05) is 24.6 Å². The zero-order valence-corrected chi connectivity index (χ0v) is 12.3. The number of benzene rings is 1. The van der Waals surface area contributed by atoms with Gasteiger partial charge in [0.2, 0.25) is 5.91 Å². The van der Waals surface area contributed by atoms with Crippen LogP contribution < -0.4 is 11.5 Å². The molecule has 0 aliphatic carbocycles. The predicted molar refractivity (Wildman–Crippen MR) is 78.2 cm³/mol. The van der Waals surface area contributed by atoms with E-state index in [-0.39, 0.29) is 0 Å². The molecule has 6 nitrogen and oxygen atoms in total. The van der Waals surface area contributed by atoms with Crippen LogP contribution in [0.5, 0.6) is 0 Å². The first-order chi connectivity index (χ1) is 9.52. The second-order valence-electron chi connectivity index (χ2n) is 4.46. The molecule has 2 aromatic rings. The normalized spacial score (nSPS) is 10.8. The standard InChI is InChI=1S/C13H17N5OS/c1-8-5-9(12(15)19)3-4-10(8)7-20-13-17-16-11(6-14)18(13)2/h3-5H,6-7,14H2,1-2H3,(H2,15,19). The molecule has 0 aliphatic rings. The zero-order valence-electron chi connectivity index (χ0n) is 11.5. The Labute approximate surface area is 121 Å². The van der Waals surface area contributed by atoms with Gasteiger partial charge in [0.25, 0.3) is 0 Å². The van der Waals surface area contributed by atoms with Crippen LogP contribution in [0.2, 0.25) is 0 Å². The average Bonchev–Trinajstić information content (AvgIpc) is 2.77. The van der Waals surface area contributed by atoms with Crippen LogP contribution >= 0.6 is 11.8 Å². The second kappa shape index (κ2) is 6.06. The molecule has 1 aromatic heterocycles. The first-order valence-corrected chi connectivity index (χ1v) is 7.12. The van der Waals surface area contributed by atoms with Crippen molar-refractivity contribution in [2.75, 3.05) is 0 Å². The van der Waals surface area contributed by atoms with Crippen molar-refractivity contribution < 1.29 is 4.79 Å². The molecule has 0 radical (unpaired) electrons. The molecule has 4 N–H and O–H groups in total. The van der Waals surface area contributed by atoms with Gasteiger partial charge in [0.05, 0.1) is 6.54 Å². The lowest BCUT2D eigenvalue weighted by Crippen LogP contribution is -2.11. The van der Waals surface area contributed by atoms with Gasteiger partial charge in [-0.1, -0.05) is 17.8 Å². The van der Waals surface area contributed by atoms with E-state index >= 15 is 0 Å². The first kappa shape index (κ1) is 14.5. The summed E-state index contributed by atoms with van der Waals surface area (Å²) in [6, 6.07) is 5.47. The molecule has 1 aromatic carbocycles. The van der Waals surface area contributed by atoms with E-state index in [0.717, 1.165) is 27.9 Å². The Morgan fingerprint density at radius 2 is 2.15 bits per heavy atom. The van der Waals surface area contributed by atoms with E-state index in [1.54, 1.807) is 23.9 Å². The minimum Gasteiger partial charge on any atom is -0.366 e. The topological polar surface area (TPSA) is 99.8 Å². The number of nitrogens with two attached hydrogens (primary N) is 2. The Bertz CT molecular complexity index is 638. The van der Waals surface area contributed by atoms with Gasteiger partial charge in [-0.3, -0.25) is 4.79 Å². The Kier molecular flexibility index (Phi) is 4.41. The summed E-state index contributed by atoms with van der Waals surface area (Å²) >= 11 is 1.58. The number of thioether (sulfide) groups is 1. The molecule has 0 spiro atoms. The lowest BCUT2D eigenvalue weighted by Gasteiger charge is -2.07. The van der Waals surface area contributed by atoms with Gasteiger partial charge in [0.1, 0.15) is 5.82 Å². The Morgan fingerprint density at radius 3 is 2.70 bits per heavy atom. The van der Waals surface area contributed by atoms with E-state index in [2.05, 4.69) is 10.2 Å². The van der Waals surface area contributed by atoms with Crippen LogP contribution in [0.1, 0.15) is 27.3 Å². The fourth-order valence-electron chi connectivity index (χ4n) is 1.80. The molecule has 0 aliphatic heterocycles. The van der Waals surface area contributed by atoms with Gasteiger partial charge < -0.3 is 16.0 Å². The van der Waals surface area contributed by atoms with Crippen molar-refractivity contribution >= 4 is 17.7 Å². The van der Waals surface area contributed by atoms with Crippen molar-refractivity contribution in [3.63, 3.8) is 0 Å². The third-order valence-electron chi connectivity index (χ3n) is 3.09. The van der Waals surface area contributed by atoms with Crippen LogP contribution in [-0.2, 0) is 19.3 Å². The smallest absolute Gasteiger partial charge is 0.248 e. The molecule has 0 unspecified atom stereocenters. The van der Waals surface area contributed by atoms with Crippen LogP contribution in [0.4, 0.5) is 0 Å². The number of primary amides is 1. The van der Waals surface area contributed by atoms with Gasteiger partial charge in [-0.15, -0.1) is 10.2 Å². The lowest BCUT2D eigenvalue weighted by molar-refractivity contribution is 0.1000. The fraction of sp³-hybridized carbons (Fsp3) is 0.308. The molecule has 7 heteroatoms. The van der Waals surface area contributed by atoms with Crippen molar-refractivity contribution in [1.82, 2.24) is 14.8 Å². The molecule has 1 heterocycles. The minimum atomic E-state index is -0.409. The maximum atomic E-state index is 11.1. The summed E-state index contributed by atoms with van der Waals surface area (Å²) in [5.41, 5.74) is 13.5. The monoisotopic (exact) mass is 291 g/mol. The Morgan fingerprint density at radius 1 is 1.40 bits per heavy atom. The molecular formula is C13H17N5OS. The quantitative estimate of drug-likeness (QED) is 0.800. The Hall–Kier alpha value is -1.86. The average molecular weight is 291 g/mol. The number of carbonyl (C=O) groups excluding carboxylic acids is 1. The third kappa shape index (κ3) is 3.00. The van der Waals surface area contributed by atoms with E-state index in [4.69, 9.17) is 11.5 Å². The van der Waals surface area contributed by atoms with Crippen LogP contribution in [0.25, 0.3) is 0 Å². The molecule has 106 valence electrons. The minimum absolute atomic E-state index is 0.371. The maximum absolute atomic E-state index is 11.1. The van der Waals surface area contributed by atoms with Crippen LogP contribution in [0.3, 0.4) is 0 Å². The summed E-state index contributed by atoms with van der Waals surface area (Å²) < 4.78 is 1.89. The molecule has 2 rings (SSSR count). The molecule has 0 atom stereocenters. The van der Waals surface area contributed by atoms with Gasteiger partial charge in [0.15, 0.2) is 5.16 Å². The highest BCUT2D eigenvalue weighted by molar-refractivity contribution is 7.98. The van der Waals surface area contributed by atoms with Crippen molar-refractivity contribution in [2.24, 2.45) is 18.5 Å². The summed E-state index contributed by atoms with van der Waals surface area (Å²) in [5.74, 6) is 1.10. The number of hydrogen-bond acceptors (Lipinski definition) is 5. The van der Waals surface area contributed by atoms with Gasteiger partial charge in [-0.05, 0) is 30.2 Å². The SMILES string of the molecule is Cc1cc(C(N)=O)ccc1CSc1nnc(CN)n1C. The van der Waals surface area contributed by atoms with Gasteiger partial charge in [0, 0.05) is 18.4 Å². The lowest BCUT2D eigenvalue weighted by atomic mass is 10.1. The number of carbonyl (C=O) groups is 1. The first-order valence-electron chi connectivity index (χ1n) is 6.13. The number of aryl methyl sites for hydroxylation is 1. The third-order valence-corrected chi connectivity index (χ3v) is 4.16. The number of rotatable bonds is 5. The van der Waals surface area contributed by atoms with Crippen molar-refractivity contribution in [1.29, 1.82) is 0 Å². The molecule has 0 fully saturated rings. The maximum Gasteiger partial charge on any atom is 0.248 e. The van der Waals surface area contributed by atoms with Crippen molar-refractivity contribution in [3.05, 3.63) is 40.7 Å². The molecule has 0 bridgehead atoms. The molecule has 20 heavy (non-hydrogen) atoms. The highest BCUT2D eigenvalue weighted by Gasteiger charge is 2.09. The number of amides is 1. The molecular weight excluding hydrogens is 274 g/mol.